The number of urea groups is 1. The van der Waals surface area contributed by atoms with Crippen LogP contribution in [0.3, 0.4) is 0 Å². The first kappa shape index (κ1) is 10.8. The molecule has 2 rings (SSSR count). The number of nitrogens with one attached hydrogen (secondary N) is 2. The zero-order valence-electron chi connectivity index (χ0n) is 8.40. The molecular weight excluding hydrogens is 226 g/mol. The molecule has 16 heavy (non-hydrogen) atoms. The minimum Gasteiger partial charge on any atom is -0.398 e. The fourth-order valence-corrected chi connectivity index (χ4v) is 2.35. The van der Waals surface area contributed by atoms with Gasteiger partial charge in [-0.05, 0) is 12.1 Å². The molecule has 0 aliphatic carbocycles. The van der Waals surface area contributed by atoms with Gasteiger partial charge in [0.25, 0.3) is 0 Å². The summed E-state index contributed by atoms with van der Waals surface area (Å²) >= 11 is 1.35. The molecule has 1 fully saturated rings. The highest BCUT2D eigenvalue weighted by atomic mass is 32.2. The monoisotopic (exact) mass is 237 g/mol. The van der Waals surface area contributed by atoms with Crippen molar-refractivity contribution in [3.8, 4) is 0 Å². The van der Waals surface area contributed by atoms with Crippen LogP contribution < -0.4 is 16.4 Å². The molecule has 1 unspecified atom stereocenters. The number of carbonyl (C=O) groups excluding carboxylic acids is 2. The van der Waals surface area contributed by atoms with Crippen LogP contribution in [0.4, 0.5) is 10.5 Å². The molecule has 0 aromatic heterocycles. The van der Waals surface area contributed by atoms with Crippen molar-refractivity contribution in [1.82, 2.24) is 10.6 Å². The number of imide groups is 1. The van der Waals surface area contributed by atoms with Crippen molar-refractivity contribution in [1.29, 1.82) is 0 Å². The number of para-hydroxylation sites is 1. The van der Waals surface area contributed by atoms with Crippen LogP contribution in [0, 0.1) is 0 Å². The van der Waals surface area contributed by atoms with Gasteiger partial charge in [-0.25, -0.2) is 4.79 Å². The maximum Gasteiger partial charge on any atom is 0.321 e. The van der Waals surface area contributed by atoms with Crippen molar-refractivity contribution in [2.75, 3.05) is 12.3 Å². The van der Waals surface area contributed by atoms with Gasteiger partial charge in [0.15, 0.2) is 0 Å². The van der Waals surface area contributed by atoms with Crippen LogP contribution in [0.1, 0.15) is 0 Å². The van der Waals surface area contributed by atoms with E-state index in [0.29, 0.717) is 12.2 Å². The van der Waals surface area contributed by atoms with E-state index in [2.05, 4.69) is 10.6 Å². The molecule has 84 valence electrons. The smallest absolute Gasteiger partial charge is 0.321 e. The fraction of sp³-hybridized carbons (Fsp3) is 0.200. The lowest BCUT2D eigenvalue weighted by Crippen LogP contribution is -2.53. The highest BCUT2D eigenvalue weighted by Gasteiger charge is 2.27. The largest absolute Gasteiger partial charge is 0.398 e. The molecule has 1 saturated heterocycles. The maximum atomic E-state index is 11.5. The Morgan fingerprint density at radius 1 is 1.31 bits per heavy atom. The first-order valence-corrected chi connectivity index (χ1v) is 5.64. The molecule has 0 spiro atoms. The van der Waals surface area contributed by atoms with Gasteiger partial charge in [-0.1, -0.05) is 12.1 Å². The summed E-state index contributed by atoms with van der Waals surface area (Å²) < 4.78 is 0. The average molecular weight is 237 g/mol. The molecule has 3 amide bonds. The van der Waals surface area contributed by atoms with Crippen LogP contribution in [-0.4, -0.2) is 23.7 Å². The van der Waals surface area contributed by atoms with E-state index in [9.17, 15) is 9.59 Å². The Kier molecular flexibility index (Phi) is 3.00. The number of nitrogens with two attached hydrogens (primary N) is 1. The normalized spacial score (nSPS) is 20.1. The number of carbonyl (C=O) groups is 2. The second kappa shape index (κ2) is 4.44. The number of rotatable bonds is 2. The van der Waals surface area contributed by atoms with E-state index >= 15 is 0 Å². The van der Waals surface area contributed by atoms with E-state index in [1.54, 1.807) is 6.07 Å². The van der Waals surface area contributed by atoms with E-state index in [1.165, 1.54) is 11.8 Å². The summed E-state index contributed by atoms with van der Waals surface area (Å²) in [5.41, 5.74) is 6.41. The Hall–Kier alpha value is -1.69. The van der Waals surface area contributed by atoms with Gasteiger partial charge < -0.3 is 11.1 Å². The Labute approximate surface area is 96.8 Å². The predicted octanol–water partition coefficient (Wildman–Crippen LogP) is 0.569. The summed E-state index contributed by atoms with van der Waals surface area (Å²) in [6.45, 7) is 0.323. The zero-order chi connectivity index (χ0) is 11.5. The number of hydrogen-bond acceptors (Lipinski definition) is 4. The van der Waals surface area contributed by atoms with Gasteiger partial charge >= 0.3 is 6.03 Å². The molecule has 1 atom stereocenters. The van der Waals surface area contributed by atoms with E-state index in [1.807, 2.05) is 18.2 Å². The Morgan fingerprint density at radius 3 is 2.75 bits per heavy atom. The van der Waals surface area contributed by atoms with Crippen LogP contribution in [0.25, 0.3) is 0 Å². The van der Waals surface area contributed by atoms with Gasteiger partial charge in [0.05, 0.1) is 0 Å². The number of anilines is 1. The zero-order valence-corrected chi connectivity index (χ0v) is 9.21. The van der Waals surface area contributed by atoms with Crippen LogP contribution in [-0.2, 0) is 4.79 Å². The van der Waals surface area contributed by atoms with Gasteiger partial charge in [0, 0.05) is 17.1 Å². The quantitative estimate of drug-likeness (QED) is 0.656. The molecule has 1 aromatic carbocycles. The first-order valence-electron chi connectivity index (χ1n) is 4.76. The van der Waals surface area contributed by atoms with Gasteiger partial charge in [0.1, 0.15) is 5.25 Å². The van der Waals surface area contributed by atoms with Crippen LogP contribution in [0.15, 0.2) is 29.2 Å². The average Bonchev–Trinajstić information content (AvgIpc) is 2.25. The summed E-state index contributed by atoms with van der Waals surface area (Å²) in [6, 6.07) is 6.88. The van der Waals surface area contributed by atoms with Gasteiger partial charge in [-0.2, -0.15) is 0 Å². The number of benzene rings is 1. The third-order valence-corrected chi connectivity index (χ3v) is 3.46. The van der Waals surface area contributed by atoms with Crippen molar-refractivity contribution in [3.63, 3.8) is 0 Å². The first-order chi connectivity index (χ1) is 7.66. The van der Waals surface area contributed by atoms with Crippen LogP contribution in [0.5, 0.6) is 0 Å². The molecule has 1 aliphatic heterocycles. The lowest BCUT2D eigenvalue weighted by atomic mass is 10.3. The summed E-state index contributed by atoms with van der Waals surface area (Å²) in [6.07, 6.45) is 0. The Bertz CT molecular complexity index is 436. The molecule has 0 saturated carbocycles. The van der Waals surface area contributed by atoms with Crippen molar-refractivity contribution < 1.29 is 9.59 Å². The van der Waals surface area contributed by atoms with Crippen molar-refractivity contribution in [2.45, 2.75) is 10.1 Å². The number of amides is 3. The standard InChI is InChI=1S/C10H11N3O2S/c11-6-3-1-2-4-7(6)16-8-5-12-10(15)13-9(8)14/h1-4,8H,5,11H2,(H2,12,13,14,15). The topological polar surface area (TPSA) is 84.2 Å². The number of thioether (sulfide) groups is 1. The van der Waals surface area contributed by atoms with E-state index in [4.69, 9.17) is 5.73 Å². The summed E-state index contributed by atoms with van der Waals surface area (Å²) in [4.78, 5) is 23.2. The van der Waals surface area contributed by atoms with Crippen molar-refractivity contribution in [3.05, 3.63) is 24.3 Å². The summed E-state index contributed by atoms with van der Waals surface area (Å²) in [7, 11) is 0. The summed E-state index contributed by atoms with van der Waals surface area (Å²) in [5, 5.41) is 4.46. The molecule has 6 heteroatoms. The second-order valence-corrected chi connectivity index (χ2v) is 4.59. The third-order valence-electron chi connectivity index (χ3n) is 2.17. The van der Waals surface area contributed by atoms with Gasteiger partial charge in [-0.15, -0.1) is 11.8 Å². The summed E-state index contributed by atoms with van der Waals surface area (Å²) in [5.74, 6) is -0.281. The van der Waals surface area contributed by atoms with E-state index in [0.717, 1.165) is 4.90 Å². The molecule has 5 nitrogen and oxygen atoms in total. The lowest BCUT2D eigenvalue weighted by Gasteiger charge is -2.21. The van der Waals surface area contributed by atoms with Crippen LogP contribution in [0.2, 0.25) is 0 Å². The molecule has 0 radical (unpaired) electrons. The molecule has 1 aliphatic rings. The third kappa shape index (κ3) is 2.27. The maximum absolute atomic E-state index is 11.5. The predicted molar refractivity (Wildman–Crippen MR) is 62.0 cm³/mol. The highest BCUT2D eigenvalue weighted by molar-refractivity contribution is 8.00. The lowest BCUT2D eigenvalue weighted by molar-refractivity contribution is -0.119. The Morgan fingerprint density at radius 2 is 2.06 bits per heavy atom. The SMILES string of the molecule is Nc1ccccc1SC1CNC(=O)NC1=O. The molecule has 1 heterocycles. The number of nitrogen functional groups attached to an aromatic ring is 1. The van der Waals surface area contributed by atoms with E-state index < -0.39 is 6.03 Å². The number of hydrogen-bond donors (Lipinski definition) is 3. The van der Waals surface area contributed by atoms with Gasteiger partial charge in [0.2, 0.25) is 5.91 Å². The Balaban J connectivity index is 2.08. The van der Waals surface area contributed by atoms with Gasteiger partial charge in [-0.3, -0.25) is 10.1 Å². The van der Waals surface area contributed by atoms with Crippen molar-refractivity contribution in [2.24, 2.45) is 0 Å². The fourth-order valence-electron chi connectivity index (χ4n) is 1.35. The second-order valence-electron chi connectivity index (χ2n) is 3.34. The molecule has 1 aromatic rings. The molecular formula is C10H11N3O2S. The minimum atomic E-state index is -0.442. The van der Waals surface area contributed by atoms with Crippen molar-refractivity contribution >= 4 is 29.4 Å². The van der Waals surface area contributed by atoms with Crippen LogP contribution >= 0.6 is 11.8 Å². The molecule has 4 N–H and O–H groups in total. The molecule has 0 bridgehead atoms. The van der Waals surface area contributed by atoms with E-state index in [-0.39, 0.29) is 11.2 Å². The minimum absolute atomic E-state index is 0.281. The highest BCUT2D eigenvalue weighted by Crippen LogP contribution is 2.28.